The average Bonchev–Trinajstić information content (AvgIpc) is 3.17. The highest BCUT2D eigenvalue weighted by molar-refractivity contribution is 6.72. The lowest BCUT2D eigenvalue weighted by Crippen LogP contribution is -2.36. The largest absolute Gasteiger partial charge is 0.447 e. The van der Waals surface area contributed by atoms with Gasteiger partial charge in [0.05, 0.1) is 18.8 Å². The van der Waals surface area contributed by atoms with Crippen LogP contribution in [0.5, 0.6) is 0 Å². The van der Waals surface area contributed by atoms with E-state index >= 15 is 0 Å². The maximum absolute atomic E-state index is 14.8. The fraction of sp³-hybridized carbons (Fsp3) is 0.650. The van der Waals surface area contributed by atoms with Crippen molar-refractivity contribution in [1.29, 1.82) is 0 Å². The number of carbonyl (C=O) groups is 1. The Labute approximate surface area is 161 Å². The van der Waals surface area contributed by atoms with Gasteiger partial charge in [0.1, 0.15) is 6.61 Å². The first-order valence-electron chi connectivity index (χ1n) is 9.79. The van der Waals surface area contributed by atoms with Crippen LogP contribution in [0.3, 0.4) is 0 Å². The fourth-order valence-corrected chi connectivity index (χ4v) is 7.15. The second-order valence-electron chi connectivity index (χ2n) is 8.15. The molecule has 0 spiro atoms. The van der Waals surface area contributed by atoms with Crippen LogP contribution in [0.2, 0.25) is 18.6 Å². The van der Waals surface area contributed by atoms with Crippen LogP contribution >= 0.6 is 0 Å². The summed E-state index contributed by atoms with van der Waals surface area (Å²) >= 11 is 0. The molecule has 0 aromatic heterocycles. The highest BCUT2D eigenvalue weighted by Crippen LogP contribution is 2.46. The number of aliphatic hydroxyl groups excluding tert-OH is 1. The van der Waals surface area contributed by atoms with Crippen molar-refractivity contribution in [3.8, 4) is 0 Å². The van der Waals surface area contributed by atoms with Crippen molar-refractivity contribution in [2.75, 3.05) is 24.7 Å². The number of ether oxygens (including phenoxy) is 2. The number of amides is 1. The Morgan fingerprint density at radius 3 is 2.48 bits per heavy atom. The normalized spacial score (nSPS) is 28.6. The minimum atomic E-state index is -2.85. The molecule has 1 amide bonds. The van der Waals surface area contributed by atoms with E-state index in [-0.39, 0.29) is 36.4 Å². The quantitative estimate of drug-likeness (QED) is 0.562. The summed E-state index contributed by atoms with van der Waals surface area (Å²) in [6, 6.07) is 7.93. The zero-order valence-electron chi connectivity index (χ0n) is 16.4. The maximum Gasteiger partial charge on any atom is 0.414 e. The predicted octanol–water partition coefficient (Wildman–Crippen LogP) is 3.91. The Morgan fingerprint density at radius 2 is 1.93 bits per heavy atom. The van der Waals surface area contributed by atoms with Crippen LogP contribution in [0.15, 0.2) is 24.3 Å². The van der Waals surface area contributed by atoms with Gasteiger partial charge in [-0.2, -0.15) is 0 Å². The van der Waals surface area contributed by atoms with Gasteiger partial charge in [0.15, 0.2) is 0 Å². The lowest BCUT2D eigenvalue weighted by atomic mass is 9.95. The summed E-state index contributed by atoms with van der Waals surface area (Å²) in [5.74, 6) is 0.159. The molecule has 0 saturated carbocycles. The molecule has 2 fully saturated rings. The molecule has 1 N–H and O–H groups in total. The van der Waals surface area contributed by atoms with E-state index in [1.165, 1.54) is 5.56 Å². The molecule has 150 valence electrons. The van der Waals surface area contributed by atoms with E-state index in [0.29, 0.717) is 19.6 Å². The first kappa shape index (κ1) is 20.3. The second kappa shape index (κ2) is 8.28. The second-order valence-corrected chi connectivity index (χ2v) is 11.9. The zero-order chi connectivity index (χ0) is 19.6. The van der Waals surface area contributed by atoms with E-state index in [2.05, 4.69) is 6.92 Å². The number of anilines is 1. The average molecular weight is 396 g/mol. The van der Waals surface area contributed by atoms with Crippen molar-refractivity contribution in [2.45, 2.75) is 57.0 Å². The molecule has 3 rings (SSSR count). The summed E-state index contributed by atoms with van der Waals surface area (Å²) in [6.07, 6.45) is 1.72. The molecule has 0 bridgehead atoms. The van der Waals surface area contributed by atoms with Gasteiger partial charge in [-0.3, -0.25) is 4.90 Å². The van der Waals surface area contributed by atoms with E-state index in [4.69, 9.17) is 9.47 Å². The first-order valence-corrected chi connectivity index (χ1v) is 12.7. The van der Waals surface area contributed by atoms with Crippen molar-refractivity contribution in [1.82, 2.24) is 0 Å². The Balaban J connectivity index is 1.60. The number of aliphatic hydroxyl groups is 1. The van der Waals surface area contributed by atoms with Gasteiger partial charge in [-0.1, -0.05) is 19.1 Å². The van der Waals surface area contributed by atoms with E-state index in [1.807, 2.05) is 24.3 Å². The third-order valence-electron chi connectivity index (χ3n) is 5.84. The minimum absolute atomic E-state index is 0.0160. The first-order chi connectivity index (χ1) is 12.8. The Kier molecular flexibility index (Phi) is 6.23. The molecule has 2 heterocycles. The molecule has 0 unspecified atom stereocenters. The molecule has 0 aliphatic carbocycles. The number of hydrogen-bond acceptors (Lipinski definition) is 4. The smallest absolute Gasteiger partial charge is 0.414 e. The Bertz CT molecular complexity index is 648. The monoisotopic (exact) mass is 395 g/mol. The molecular weight excluding hydrogens is 365 g/mol. The number of nitrogens with zero attached hydrogens (tertiary/aromatic N) is 1. The molecule has 7 heteroatoms. The van der Waals surface area contributed by atoms with Crippen molar-refractivity contribution in [3.05, 3.63) is 29.8 Å². The van der Waals surface area contributed by atoms with E-state index in [1.54, 1.807) is 18.0 Å². The molecule has 27 heavy (non-hydrogen) atoms. The van der Waals surface area contributed by atoms with Crippen LogP contribution in [0.1, 0.15) is 25.3 Å². The van der Waals surface area contributed by atoms with Gasteiger partial charge >= 0.3 is 6.09 Å². The van der Waals surface area contributed by atoms with Gasteiger partial charge in [0, 0.05) is 17.8 Å². The number of hydrogen-bond donors (Lipinski definition) is 1. The molecule has 1 aromatic carbocycles. The maximum atomic E-state index is 14.8. The minimum Gasteiger partial charge on any atom is -0.447 e. The summed E-state index contributed by atoms with van der Waals surface area (Å²) in [7, 11) is -2.85. The molecule has 4 atom stereocenters. The van der Waals surface area contributed by atoms with Gasteiger partial charge in [-0.05, 0) is 56.0 Å². The topological polar surface area (TPSA) is 59.0 Å². The SMILES string of the molecule is C[C@@H]1[C@@H]([Si](C)(C)F)[C@H](CCO)O[C@@H]1CCc1ccc(N2CCOC2=O)cc1. The highest BCUT2D eigenvalue weighted by Gasteiger charge is 2.50. The standard InChI is InChI=1S/C20H30FNO4Si/c1-14-17(26-18(10-12-23)19(14)27(2,3)21)9-6-15-4-7-16(8-5-15)22-11-13-25-20(22)24/h4-5,7-8,14,17-19,23H,6,9-13H2,1-3H3/t14-,17+,18-,19+/m0/s1. The summed E-state index contributed by atoms with van der Waals surface area (Å²) in [5, 5.41) is 9.30. The summed E-state index contributed by atoms with van der Waals surface area (Å²) in [5.41, 5.74) is 1.94. The van der Waals surface area contributed by atoms with Crippen molar-refractivity contribution in [3.63, 3.8) is 0 Å². The molecule has 0 radical (unpaired) electrons. The molecule has 2 saturated heterocycles. The van der Waals surface area contributed by atoms with Crippen molar-refractivity contribution in [2.24, 2.45) is 5.92 Å². The summed E-state index contributed by atoms with van der Waals surface area (Å²) in [4.78, 5) is 13.3. The van der Waals surface area contributed by atoms with Gasteiger partial charge in [0.2, 0.25) is 8.41 Å². The van der Waals surface area contributed by atoms with Gasteiger partial charge in [-0.25, -0.2) is 4.79 Å². The van der Waals surface area contributed by atoms with Crippen molar-refractivity contribution < 1.29 is 23.5 Å². The highest BCUT2D eigenvalue weighted by atomic mass is 28.4. The van der Waals surface area contributed by atoms with Crippen LogP contribution in [0.25, 0.3) is 0 Å². The van der Waals surface area contributed by atoms with E-state index in [0.717, 1.165) is 18.5 Å². The van der Waals surface area contributed by atoms with Crippen molar-refractivity contribution >= 4 is 20.2 Å². The van der Waals surface area contributed by atoms with E-state index in [9.17, 15) is 14.0 Å². The molecular formula is C20H30FNO4Si. The third kappa shape index (κ3) is 4.52. The van der Waals surface area contributed by atoms with E-state index < -0.39 is 8.41 Å². The predicted molar refractivity (Wildman–Crippen MR) is 105 cm³/mol. The van der Waals surface area contributed by atoms with Gasteiger partial charge in [-0.15, -0.1) is 0 Å². The lowest BCUT2D eigenvalue weighted by molar-refractivity contribution is 0.0193. The Hall–Kier alpha value is -1.44. The number of rotatable bonds is 7. The lowest BCUT2D eigenvalue weighted by Gasteiger charge is -2.28. The number of benzene rings is 1. The number of halogens is 1. The van der Waals surface area contributed by atoms with Crippen LogP contribution in [-0.2, 0) is 15.9 Å². The molecule has 2 aliphatic heterocycles. The fourth-order valence-electron chi connectivity index (χ4n) is 4.56. The van der Waals surface area contributed by atoms with Crippen LogP contribution < -0.4 is 4.90 Å². The number of aryl methyl sites for hydroxylation is 1. The summed E-state index contributed by atoms with van der Waals surface area (Å²) in [6.45, 7) is 6.62. The molecule has 1 aromatic rings. The Morgan fingerprint density at radius 1 is 1.22 bits per heavy atom. The summed E-state index contributed by atoms with van der Waals surface area (Å²) < 4.78 is 25.9. The third-order valence-corrected chi connectivity index (χ3v) is 8.32. The number of carbonyl (C=O) groups excluding carboxylic acids is 1. The van der Waals surface area contributed by atoms with Crippen LogP contribution in [0, 0.1) is 5.92 Å². The molecule has 5 nitrogen and oxygen atoms in total. The van der Waals surface area contributed by atoms with Gasteiger partial charge < -0.3 is 18.7 Å². The van der Waals surface area contributed by atoms with Crippen LogP contribution in [-0.4, -0.2) is 51.6 Å². The van der Waals surface area contributed by atoms with Crippen LogP contribution in [0.4, 0.5) is 14.6 Å². The number of cyclic esters (lactones) is 1. The molecule has 2 aliphatic rings. The zero-order valence-corrected chi connectivity index (χ0v) is 17.4. The van der Waals surface area contributed by atoms with Gasteiger partial charge in [0.25, 0.3) is 0 Å².